The molecular weight excluding hydrogens is 252 g/mol. The van der Waals surface area contributed by atoms with Gasteiger partial charge in [0.1, 0.15) is 11.6 Å². The molecule has 0 aromatic heterocycles. The normalized spacial score (nSPS) is 24.7. The predicted octanol–water partition coefficient (Wildman–Crippen LogP) is 2.16. The molecule has 3 nitrogen and oxygen atoms in total. The number of hydrogen-bond acceptors (Lipinski definition) is 2. The number of benzene rings is 1. The maximum Gasteiger partial charge on any atom is 0.254 e. The molecule has 1 fully saturated rings. The van der Waals surface area contributed by atoms with E-state index in [9.17, 15) is 18.7 Å². The molecule has 0 aliphatic heterocycles. The minimum absolute atomic E-state index is 0.170. The van der Waals surface area contributed by atoms with Gasteiger partial charge in [0.25, 0.3) is 5.91 Å². The molecule has 1 saturated carbocycles. The fraction of sp³-hybridized carbons (Fsp3) is 0.500. The molecule has 2 rings (SSSR count). The molecule has 0 saturated heterocycles. The van der Waals surface area contributed by atoms with Crippen LogP contribution < -0.4 is 5.32 Å². The summed E-state index contributed by atoms with van der Waals surface area (Å²) in [5, 5.41) is 12.3. The molecule has 0 radical (unpaired) electrons. The highest BCUT2D eigenvalue weighted by molar-refractivity contribution is 5.95. The molecule has 1 aromatic carbocycles. The highest BCUT2D eigenvalue weighted by Gasteiger charge is 2.48. The van der Waals surface area contributed by atoms with Crippen LogP contribution in [0.5, 0.6) is 0 Å². The number of nitrogens with one attached hydrogen (secondary N) is 1. The minimum atomic E-state index is -0.877. The van der Waals surface area contributed by atoms with E-state index in [1.165, 1.54) is 13.0 Å². The van der Waals surface area contributed by atoms with E-state index in [1.54, 1.807) is 0 Å². The highest BCUT2D eigenvalue weighted by atomic mass is 19.1. The Bertz CT molecular complexity index is 528. The van der Waals surface area contributed by atoms with Gasteiger partial charge in [-0.15, -0.1) is 0 Å². The Balaban J connectivity index is 2.16. The van der Waals surface area contributed by atoms with Crippen molar-refractivity contribution in [3.8, 4) is 0 Å². The number of aryl methyl sites for hydroxylation is 1. The van der Waals surface area contributed by atoms with Crippen LogP contribution >= 0.6 is 0 Å². The van der Waals surface area contributed by atoms with E-state index in [1.807, 2.05) is 13.8 Å². The number of hydrogen-bond donors (Lipinski definition) is 2. The zero-order chi connectivity index (χ0) is 14.4. The second-order valence-corrected chi connectivity index (χ2v) is 5.68. The van der Waals surface area contributed by atoms with Crippen molar-refractivity contribution >= 4 is 5.91 Å². The molecule has 0 spiro atoms. The second-order valence-electron chi connectivity index (χ2n) is 5.68. The number of aliphatic hydroxyl groups excluding tert-OH is 1. The molecule has 104 valence electrons. The first-order valence-electron chi connectivity index (χ1n) is 6.18. The van der Waals surface area contributed by atoms with Crippen molar-refractivity contribution in [2.45, 2.75) is 39.3 Å². The van der Waals surface area contributed by atoms with Gasteiger partial charge in [0.15, 0.2) is 0 Å². The summed E-state index contributed by atoms with van der Waals surface area (Å²) in [5.74, 6) is -2.13. The van der Waals surface area contributed by atoms with Gasteiger partial charge in [-0.25, -0.2) is 8.78 Å². The summed E-state index contributed by atoms with van der Waals surface area (Å²) >= 11 is 0. The zero-order valence-corrected chi connectivity index (χ0v) is 11.1. The second kappa shape index (κ2) is 4.56. The van der Waals surface area contributed by atoms with Gasteiger partial charge in [-0.2, -0.15) is 0 Å². The lowest BCUT2D eigenvalue weighted by molar-refractivity contribution is -0.0689. The topological polar surface area (TPSA) is 49.3 Å². The molecule has 1 aliphatic rings. The molecule has 2 atom stereocenters. The molecular formula is C14H17F2NO2. The predicted molar refractivity (Wildman–Crippen MR) is 66.8 cm³/mol. The lowest BCUT2D eigenvalue weighted by Gasteiger charge is -2.49. The van der Waals surface area contributed by atoms with Crippen molar-refractivity contribution in [3.05, 3.63) is 34.9 Å². The largest absolute Gasteiger partial charge is 0.392 e. The molecule has 1 aromatic rings. The maximum absolute atomic E-state index is 13.6. The van der Waals surface area contributed by atoms with Gasteiger partial charge in [0.2, 0.25) is 0 Å². The fourth-order valence-corrected chi connectivity index (χ4v) is 2.21. The van der Waals surface area contributed by atoms with Crippen molar-refractivity contribution in [1.29, 1.82) is 0 Å². The van der Waals surface area contributed by atoms with Gasteiger partial charge in [-0.1, -0.05) is 13.8 Å². The van der Waals surface area contributed by atoms with Crippen molar-refractivity contribution in [3.63, 3.8) is 0 Å². The number of amides is 1. The first-order valence-corrected chi connectivity index (χ1v) is 6.18. The molecule has 1 aliphatic carbocycles. The highest BCUT2D eigenvalue weighted by Crippen LogP contribution is 2.40. The van der Waals surface area contributed by atoms with Crippen LogP contribution in [0.4, 0.5) is 8.78 Å². The Kier molecular flexibility index (Phi) is 3.34. The van der Waals surface area contributed by atoms with Crippen LogP contribution in [0.1, 0.15) is 36.2 Å². The van der Waals surface area contributed by atoms with Crippen LogP contribution in [-0.2, 0) is 0 Å². The average Bonchev–Trinajstić information content (AvgIpc) is 2.33. The van der Waals surface area contributed by atoms with Gasteiger partial charge < -0.3 is 10.4 Å². The molecule has 1 amide bonds. The number of halogens is 2. The van der Waals surface area contributed by atoms with Gasteiger partial charge in [-0.05, 0) is 25.0 Å². The Hall–Kier alpha value is -1.49. The van der Waals surface area contributed by atoms with E-state index in [0.717, 1.165) is 0 Å². The summed E-state index contributed by atoms with van der Waals surface area (Å²) in [7, 11) is 0. The first-order chi connectivity index (χ1) is 8.73. The zero-order valence-electron chi connectivity index (χ0n) is 11.1. The molecule has 19 heavy (non-hydrogen) atoms. The lowest BCUT2D eigenvalue weighted by Crippen LogP contribution is -2.61. The van der Waals surface area contributed by atoms with Crippen LogP contribution in [0.25, 0.3) is 0 Å². The van der Waals surface area contributed by atoms with E-state index in [0.29, 0.717) is 12.5 Å². The fourth-order valence-electron chi connectivity index (χ4n) is 2.21. The standard InChI is InChI=1S/C14H17F2NO2/c1-7-4-8(10(16)5-9(7)15)13(19)17-11-6-12(18)14(11,2)3/h4-5,11-12,18H,6H2,1-3H3,(H,17,19). The van der Waals surface area contributed by atoms with Crippen LogP contribution in [0.2, 0.25) is 0 Å². The molecule has 0 heterocycles. The number of carbonyl (C=O) groups excluding carboxylic acids is 1. The third kappa shape index (κ3) is 2.34. The summed E-state index contributed by atoms with van der Waals surface area (Å²) in [5.41, 5.74) is -0.378. The summed E-state index contributed by atoms with van der Waals surface area (Å²) in [6, 6.07) is 1.70. The van der Waals surface area contributed by atoms with Crippen molar-refractivity contribution in [2.24, 2.45) is 5.41 Å². The molecule has 2 N–H and O–H groups in total. The number of rotatable bonds is 2. The minimum Gasteiger partial charge on any atom is -0.392 e. The molecule has 5 heteroatoms. The van der Waals surface area contributed by atoms with Crippen LogP contribution in [0.3, 0.4) is 0 Å². The monoisotopic (exact) mass is 269 g/mol. The van der Waals surface area contributed by atoms with Crippen LogP contribution in [-0.4, -0.2) is 23.2 Å². The third-order valence-corrected chi connectivity index (χ3v) is 4.01. The van der Waals surface area contributed by atoms with Gasteiger partial charge in [0, 0.05) is 17.5 Å². The van der Waals surface area contributed by atoms with Crippen molar-refractivity contribution < 1.29 is 18.7 Å². The summed E-state index contributed by atoms with van der Waals surface area (Å²) in [4.78, 5) is 12.0. The van der Waals surface area contributed by atoms with Crippen molar-refractivity contribution in [2.75, 3.05) is 0 Å². The average molecular weight is 269 g/mol. The Morgan fingerprint density at radius 3 is 2.53 bits per heavy atom. The summed E-state index contributed by atoms with van der Waals surface area (Å²) in [6.45, 7) is 5.14. The number of carbonyl (C=O) groups is 1. The van der Waals surface area contributed by atoms with E-state index >= 15 is 0 Å². The third-order valence-electron chi connectivity index (χ3n) is 4.01. The van der Waals surface area contributed by atoms with E-state index < -0.39 is 29.1 Å². The summed E-state index contributed by atoms with van der Waals surface area (Å²) < 4.78 is 26.7. The Labute approximate surface area is 110 Å². The number of aliphatic hydroxyl groups is 1. The van der Waals surface area contributed by atoms with Crippen LogP contribution in [0.15, 0.2) is 12.1 Å². The summed E-state index contributed by atoms with van der Waals surface area (Å²) in [6.07, 6.45) is -0.0295. The Morgan fingerprint density at radius 1 is 1.37 bits per heavy atom. The van der Waals surface area contributed by atoms with Gasteiger partial charge >= 0.3 is 0 Å². The lowest BCUT2D eigenvalue weighted by atomic mass is 9.64. The quantitative estimate of drug-likeness (QED) is 0.864. The van der Waals surface area contributed by atoms with E-state index in [4.69, 9.17) is 0 Å². The van der Waals surface area contributed by atoms with Gasteiger partial charge in [0.05, 0.1) is 11.7 Å². The molecule has 0 bridgehead atoms. The van der Waals surface area contributed by atoms with Crippen LogP contribution in [0, 0.1) is 24.0 Å². The first kappa shape index (κ1) is 13.9. The SMILES string of the molecule is Cc1cc(C(=O)NC2CC(O)C2(C)C)c(F)cc1F. The van der Waals surface area contributed by atoms with E-state index in [2.05, 4.69) is 5.32 Å². The smallest absolute Gasteiger partial charge is 0.254 e. The molecule has 2 unspecified atom stereocenters. The van der Waals surface area contributed by atoms with E-state index in [-0.39, 0.29) is 17.2 Å². The van der Waals surface area contributed by atoms with Crippen molar-refractivity contribution in [1.82, 2.24) is 5.32 Å². The van der Waals surface area contributed by atoms with Gasteiger partial charge in [-0.3, -0.25) is 4.79 Å². The Morgan fingerprint density at radius 2 is 2.00 bits per heavy atom. The maximum atomic E-state index is 13.6.